The average molecular weight is 340 g/mol. The fourth-order valence-corrected chi connectivity index (χ4v) is 2.40. The standard InChI is InChI=1S/C19H17FN2O3/c1-13-17(22-19(25-13)15-5-3-2-4-6-15)9-10-24-18-8-7-14(12-21-23)11-16(18)20/h2-8,11-12,23H,9-10H2,1H3/b21-12+. The van der Waals surface area contributed by atoms with Crippen LogP contribution in [0.15, 0.2) is 58.1 Å². The van der Waals surface area contributed by atoms with Crippen molar-refractivity contribution in [3.05, 3.63) is 71.4 Å². The van der Waals surface area contributed by atoms with Crippen molar-refractivity contribution in [2.24, 2.45) is 5.16 Å². The van der Waals surface area contributed by atoms with Gasteiger partial charge in [-0.1, -0.05) is 23.4 Å². The second kappa shape index (κ2) is 7.61. The number of halogens is 1. The Hall–Kier alpha value is -3.15. The van der Waals surface area contributed by atoms with Crippen LogP contribution in [-0.2, 0) is 6.42 Å². The first-order valence-electron chi connectivity index (χ1n) is 7.79. The lowest BCUT2D eigenvalue weighted by Gasteiger charge is -2.06. The van der Waals surface area contributed by atoms with Crippen LogP contribution in [0.5, 0.6) is 5.75 Å². The summed E-state index contributed by atoms with van der Waals surface area (Å²) in [5, 5.41) is 11.3. The molecule has 128 valence electrons. The zero-order valence-electron chi connectivity index (χ0n) is 13.6. The number of aryl methyl sites for hydroxylation is 1. The van der Waals surface area contributed by atoms with Gasteiger partial charge in [-0.05, 0) is 42.8 Å². The van der Waals surface area contributed by atoms with Crippen molar-refractivity contribution < 1.29 is 18.8 Å². The van der Waals surface area contributed by atoms with Crippen LogP contribution in [0.25, 0.3) is 11.5 Å². The smallest absolute Gasteiger partial charge is 0.226 e. The summed E-state index contributed by atoms with van der Waals surface area (Å²) < 4.78 is 25.1. The number of nitrogens with zero attached hydrogens (tertiary/aromatic N) is 2. The molecule has 3 aromatic rings. The monoisotopic (exact) mass is 340 g/mol. The van der Waals surface area contributed by atoms with E-state index >= 15 is 0 Å². The molecule has 0 unspecified atom stereocenters. The molecule has 5 nitrogen and oxygen atoms in total. The summed E-state index contributed by atoms with van der Waals surface area (Å²) in [6.07, 6.45) is 1.65. The molecule has 1 heterocycles. The fraction of sp³-hybridized carbons (Fsp3) is 0.158. The minimum Gasteiger partial charge on any atom is -0.490 e. The number of benzene rings is 2. The highest BCUT2D eigenvalue weighted by Gasteiger charge is 2.12. The molecule has 3 rings (SSSR count). The summed E-state index contributed by atoms with van der Waals surface area (Å²) in [5.41, 5.74) is 2.14. The number of aromatic nitrogens is 1. The van der Waals surface area contributed by atoms with E-state index in [1.54, 1.807) is 6.07 Å². The summed E-state index contributed by atoms with van der Waals surface area (Å²) in [7, 11) is 0. The number of rotatable bonds is 6. The Balaban J connectivity index is 1.64. The molecule has 0 fully saturated rings. The zero-order valence-corrected chi connectivity index (χ0v) is 13.6. The third-order valence-corrected chi connectivity index (χ3v) is 3.67. The summed E-state index contributed by atoms with van der Waals surface area (Å²) >= 11 is 0. The van der Waals surface area contributed by atoms with E-state index in [1.165, 1.54) is 12.1 Å². The molecule has 25 heavy (non-hydrogen) atoms. The van der Waals surface area contributed by atoms with E-state index in [9.17, 15) is 4.39 Å². The normalized spacial score (nSPS) is 11.1. The molecule has 0 atom stereocenters. The maximum Gasteiger partial charge on any atom is 0.226 e. The van der Waals surface area contributed by atoms with Gasteiger partial charge in [0.2, 0.25) is 5.89 Å². The molecule has 6 heteroatoms. The molecule has 0 saturated carbocycles. The van der Waals surface area contributed by atoms with Gasteiger partial charge < -0.3 is 14.4 Å². The summed E-state index contributed by atoms with van der Waals surface area (Å²) in [5.74, 6) is 0.906. The Morgan fingerprint density at radius 3 is 2.76 bits per heavy atom. The third-order valence-electron chi connectivity index (χ3n) is 3.67. The Morgan fingerprint density at radius 2 is 2.04 bits per heavy atom. The molecular formula is C19H17FN2O3. The van der Waals surface area contributed by atoms with Crippen molar-refractivity contribution >= 4 is 6.21 Å². The largest absolute Gasteiger partial charge is 0.490 e. The average Bonchev–Trinajstić information content (AvgIpc) is 2.99. The highest BCUT2D eigenvalue weighted by atomic mass is 19.1. The van der Waals surface area contributed by atoms with Crippen molar-refractivity contribution in [1.82, 2.24) is 4.98 Å². The Morgan fingerprint density at radius 1 is 1.24 bits per heavy atom. The number of oxazole rings is 1. The van der Waals surface area contributed by atoms with Crippen LogP contribution in [0, 0.1) is 12.7 Å². The van der Waals surface area contributed by atoms with E-state index < -0.39 is 5.82 Å². The van der Waals surface area contributed by atoms with Crippen molar-refractivity contribution in [2.75, 3.05) is 6.61 Å². The van der Waals surface area contributed by atoms with Gasteiger partial charge in [0, 0.05) is 12.0 Å². The van der Waals surface area contributed by atoms with E-state index in [0.717, 1.165) is 23.2 Å². The highest BCUT2D eigenvalue weighted by molar-refractivity contribution is 5.79. The highest BCUT2D eigenvalue weighted by Crippen LogP contribution is 2.22. The van der Waals surface area contributed by atoms with Crippen molar-refractivity contribution in [2.45, 2.75) is 13.3 Å². The van der Waals surface area contributed by atoms with Gasteiger partial charge in [-0.25, -0.2) is 9.37 Å². The molecule has 0 aliphatic rings. The topological polar surface area (TPSA) is 67.9 Å². The van der Waals surface area contributed by atoms with Gasteiger partial charge >= 0.3 is 0 Å². The van der Waals surface area contributed by atoms with Crippen LogP contribution in [-0.4, -0.2) is 23.0 Å². The van der Waals surface area contributed by atoms with E-state index in [2.05, 4.69) is 10.1 Å². The first kappa shape index (κ1) is 16.7. The van der Waals surface area contributed by atoms with Crippen LogP contribution >= 0.6 is 0 Å². The van der Waals surface area contributed by atoms with E-state index in [0.29, 0.717) is 17.9 Å². The molecule has 0 spiro atoms. The lowest BCUT2D eigenvalue weighted by Crippen LogP contribution is -2.04. The number of oxime groups is 1. The van der Waals surface area contributed by atoms with Crippen LogP contribution in [0.2, 0.25) is 0 Å². The maximum absolute atomic E-state index is 13.9. The van der Waals surface area contributed by atoms with Crippen LogP contribution in [0.1, 0.15) is 17.0 Å². The molecule has 1 aromatic heterocycles. The van der Waals surface area contributed by atoms with Gasteiger partial charge in [0.15, 0.2) is 11.6 Å². The number of hydrogen-bond acceptors (Lipinski definition) is 5. The maximum atomic E-state index is 13.9. The van der Waals surface area contributed by atoms with E-state index in [4.69, 9.17) is 14.4 Å². The summed E-state index contributed by atoms with van der Waals surface area (Å²) in [4.78, 5) is 4.49. The molecule has 0 amide bonds. The molecule has 0 aliphatic heterocycles. The second-order valence-electron chi connectivity index (χ2n) is 5.42. The van der Waals surface area contributed by atoms with Gasteiger partial charge in [0.25, 0.3) is 0 Å². The van der Waals surface area contributed by atoms with Gasteiger partial charge in [0.05, 0.1) is 18.5 Å². The molecule has 0 bridgehead atoms. The first-order chi connectivity index (χ1) is 12.2. The van der Waals surface area contributed by atoms with Gasteiger partial charge in [-0.2, -0.15) is 0 Å². The van der Waals surface area contributed by atoms with E-state index in [-0.39, 0.29) is 12.4 Å². The lowest BCUT2D eigenvalue weighted by molar-refractivity contribution is 0.303. The first-order valence-corrected chi connectivity index (χ1v) is 7.79. The second-order valence-corrected chi connectivity index (χ2v) is 5.42. The van der Waals surface area contributed by atoms with Crippen molar-refractivity contribution in [3.63, 3.8) is 0 Å². The quantitative estimate of drug-likeness (QED) is 0.414. The van der Waals surface area contributed by atoms with Crippen LogP contribution in [0.3, 0.4) is 0 Å². The SMILES string of the molecule is Cc1oc(-c2ccccc2)nc1CCOc1ccc(/C=N/O)cc1F. The molecule has 0 radical (unpaired) electrons. The summed E-state index contributed by atoms with van der Waals surface area (Å²) in [6, 6.07) is 14.0. The van der Waals surface area contributed by atoms with Gasteiger partial charge in [-0.3, -0.25) is 0 Å². The van der Waals surface area contributed by atoms with Crippen molar-refractivity contribution in [3.8, 4) is 17.2 Å². The lowest BCUT2D eigenvalue weighted by atomic mass is 10.2. The molecule has 2 aromatic carbocycles. The summed E-state index contributed by atoms with van der Waals surface area (Å²) in [6.45, 7) is 2.12. The van der Waals surface area contributed by atoms with Gasteiger partial charge in [-0.15, -0.1) is 0 Å². The number of hydrogen-bond donors (Lipinski definition) is 1. The minimum absolute atomic E-state index is 0.138. The van der Waals surface area contributed by atoms with E-state index in [1.807, 2.05) is 37.3 Å². The zero-order chi connectivity index (χ0) is 17.6. The van der Waals surface area contributed by atoms with Crippen LogP contribution < -0.4 is 4.74 Å². The molecule has 1 N–H and O–H groups in total. The Kier molecular flexibility index (Phi) is 5.09. The van der Waals surface area contributed by atoms with Gasteiger partial charge in [0.1, 0.15) is 5.76 Å². The minimum atomic E-state index is -0.515. The predicted molar refractivity (Wildman–Crippen MR) is 91.7 cm³/mol. The predicted octanol–water partition coefficient (Wildman–Crippen LogP) is 4.22. The molecular weight excluding hydrogens is 323 g/mol. The van der Waals surface area contributed by atoms with Crippen LogP contribution in [0.4, 0.5) is 4.39 Å². The molecule has 0 aliphatic carbocycles. The third kappa shape index (κ3) is 4.03. The Bertz CT molecular complexity index is 876. The molecule has 0 saturated heterocycles. The van der Waals surface area contributed by atoms with Crippen molar-refractivity contribution in [1.29, 1.82) is 0 Å². The Labute approximate surface area is 144 Å². The number of ether oxygens (including phenoxy) is 1. The fourth-order valence-electron chi connectivity index (χ4n) is 2.40.